The molecule has 0 radical (unpaired) electrons. The first-order valence-corrected chi connectivity index (χ1v) is 7.22. The second-order valence-corrected chi connectivity index (χ2v) is 5.37. The van der Waals surface area contributed by atoms with Crippen molar-refractivity contribution in [2.75, 3.05) is 6.54 Å². The highest BCUT2D eigenvalue weighted by atomic mass is 16.2. The van der Waals surface area contributed by atoms with Crippen LogP contribution in [0.15, 0.2) is 4.99 Å². The predicted octanol–water partition coefficient (Wildman–Crippen LogP) is 3.31. The van der Waals surface area contributed by atoms with Crippen LogP contribution in [-0.2, 0) is 0 Å². The molecule has 104 valence electrons. The van der Waals surface area contributed by atoms with Crippen molar-refractivity contribution in [1.29, 1.82) is 0 Å². The van der Waals surface area contributed by atoms with Gasteiger partial charge < -0.3 is 10.6 Å². The summed E-state index contributed by atoms with van der Waals surface area (Å²) >= 11 is 0. The van der Waals surface area contributed by atoms with Gasteiger partial charge in [0.2, 0.25) is 0 Å². The average molecular weight is 253 g/mol. The van der Waals surface area contributed by atoms with E-state index in [4.69, 9.17) is 5.73 Å². The third kappa shape index (κ3) is 3.24. The second-order valence-electron chi connectivity index (χ2n) is 5.37. The van der Waals surface area contributed by atoms with E-state index < -0.39 is 0 Å². The van der Waals surface area contributed by atoms with Gasteiger partial charge in [-0.2, -0.15) is 4.99 Å². The highest BCUT2D eigenvalue weighted by molar-refractivity contribution is 6.05. The van der Waals surface area contributed by atoms with Crippen molar-refractivity contribution in [1.82, 2.24) is 4.90 Å². The Bertz CT molecular complexity index is 314. The van der Waals surface area contributed by atoms with Crippen LogP contribution in [0.4, 0.5) is 4.79 Å². The average Bonchev–Trinajstić information content (AvgIpc) is 2.54. The van der Waals surface area contributed by atoms with Gasteiger partial charge in [0.1, 0.15) is 5.84 Å². The van der Waals surface area contributed by atoms with Gasteiger partial charge in [0, 0.05) is 6.54 Å². The van der Waals surface area contributed by atoms with Crippen molar-refractivity contribution >= 4 is 11.9 Å². The Morgan fingerprint density at radius 1 is 1.17 bits per heavy atom. The molecule has 1 aliphatic rings. The molecule has 4 heteroatoms. The minimum absolute atomic E-state index is 0.162. The zero-order valence-electron chi connectivity index (χ0n) is 12.0. The van der Waals surface area contributed by atoms with Crippen LogP contribution in [0.1, 0.15) is 65.7 Å². The fourth-order valence-electron chi connectivity index (χ4n) is 2.54. The summed E-state index contributed by atoms with van der Waals surface area (Å²) in [7, 11) is 0. The quantitative estimate of drug-likeness (QED) is 0.675. The molecular formula is C14H27N3O. The first kappa shape index (κ1) is 15.0. The Morgan fingerprint density at radius 2 is 1.83 bits per heavy atom. The number of carbonyl (C=O) groups is 1. The van der Waals surface area contributed by atoms with Crippen molar-refractivity contribution in [3.05, 3.63) is 0 Å². The standard InChI is InChI=1S/C14H27N3O/c1-4-6-7-8-9-10-14(3)12(15)16-13(18)17(14)11-5-2/h4-11H2,1-3H3,(H2,15,16,18). The number of urea groups is 1. The van der Waals surface area contributed by atoms with Crippen LogP contribution >= 0.6 is 0 Å². The Kier molecular flexibility index (Phi) is 5.63. The van der Waals surface area contributed by atoms with Gasteiger partial charge in [-0.15, -0.1) is 0 Å². The van der Waals surface area contributed by atoms with Gasteiger partial charge in [-0.05, 0) is 19.8 Å². The molecule has 1 atom stereocenters. The Morgan fingerprint density at radius 3 is 2.44 bits per heavy atom. The number of hydrogen-bond donors (Lipinski definition) is 1. The zero-order valence-corrected chi connectivity index (χ0v) is 12.0. The Labute approximate surface area is 111 Å². The van der Waals surface area contributed by atoms with Gasteiger partial charge in [0.05, 0.1) is 5.54 Å². The minimum atomic E-state index is -0.348. The highest BCUT2D eigenvalue weighted by Crippen LogP contribution is 2.29. The number of aliphatic imine (C=N–C) groups is 1. The van der Waals surface area contributed by atoms with E-state index in [1.54, 1.807) is 0 Å². The number of unbranched alkanes of at least 4 members (excludes halogenated alkanes) is 4. The third-order valence-electron chi connectivity index (χ3n) is 3.81. The molecule has 2 N–H and O–H groups in total. The van der Waals surface area contributed by atoms with E-state index in [0.29, 0.717) is 5.84 Å². The number of hydrogen-bond acceptors (Lipinski definition) is 2. The highest BCUT2D eigenvalue weighted by Gasteiger charge is 2.43. The summed E-state index contributed by atoms with van der Waals surface area (Å²) < 4.78 is 0. The molecule has 2 amide bonds. The molecule has 0 saturated carbocycles. The molecule has 0 aromatic carbocycles. The molecule has 0 bridgehead atoms. The molecule has 1 aliphatic heterocycles. The van der Waals surface area contributed by atoms with Crippen LogP contribution in [0.5, 0.6) is 0 Å². The maximum absolute atomic E-state index is 11.8. The SMILES string of the molecule is CCCCCCCC1(C)C(N)=NC(=O)N1CCC. The summed E-state index contributed by atoms with van der Waals surface area (Å²) in [5, 5.41) is 0. The van der Waals surface area contributed by atoms with Crippen LogP contribution < -0.4 is 5.73 Å². The number of nitrogens with zero attached hydrogens (tertiary/aromatic N) is 2. The van der Waals surface area contributed by atoms with E-state index in [1.165, 1.54) is 25.7 Å². The second kappa shape index (κ2) is 6.76. The van der Waals surface area contributed by atoms with Gasteiger partial charge in [0.15, 0.2) is 0 Å². The summed E-state index contributed by atoms with van der Waals surface area (Å²) in [5.74, 6) is 0.497. The molecular weight excluding hydrogens is 226 g/mol. The fraction of sp³-hybridized carbons (Fsp3) is 0.857. The van der Waals surface area contributed by atoms with E-state index in [1.807, 2.05) is 11.8 Å². The molecule has 0 aromatic heterocycles. The summed E-state index contributed by atoms with van der Waals surface area (Å²) in [6.45, 7) is 7.08. The largest absolute Gasteiger partial charge is 0.385 e. The molecule has 0 spiro atoms. The molecule has 1 unspecified atom stereocenters. The van der Waals surface area contributed by atoms with Crippen LogP contribution in [0.3, 0.4) is 0 Å². The van der Waals surface area contributed by atoms with Crippen molar-refractivity contribution < 1.29 is 4.79 Å². The summed E-state index contributed by atoms with van der Waals surface area (Å²) in [6, 6.07) is -0.162. The van der Waals surface area contributed by atoms with Crippen LogP contribution in [0.2, 0.25) is 0 Å². The van der Waals surface area contributed by atoms with E-state index in [9.17, 15) is 4.79 Å². The Hall–Kier alpha value is -1.06. The maximum Gasteiger partial charge on any atom is 0.346 e. The number of nitrogens with two attached hydrogens (primary N) is 1. The van der Waals surface area contributed by atoms with Gasteiger partial charge in [0.25, 0.3) is 0 Å². The monoisotopic (exact) mass is 253 g/mol. The lowest BCUT2D eigenvalue weighted by atomic mass is 9.91. The van der Waals surface area contributed by atoms with Gasteiger partial charge in [-0.3, -0.25) is 0 Å². The maximum atomic E-state index is 11.8. The molecule has 1 rings (SSSR count). The first-order valence-electron chi connectivity index (χ1n) is 7.22. The lowest BCUT2D eigenvalue weighted by Gasteiger charge is -2.34. The lowest BCUT2D eigenvalue weighted by molar-refractivity contribution is 0.171. The topological polar surface area (TPSA) is 58.7 Å². The number of rotatable bonds is 8. The molecule has 0 aliphatic carbocycles. The summed E-state index contributed by atoms with van der Waals surface area (Å²) in [6.07, 6.45) is 8.01. The smallest absolute Gasteiger partial charge is 0.346 e. The summed E-state index contributed by atoms with van der Waals surface area (Å²) in [5.41, 5.74) is 5.60. The van der Waals surface area contributed by atoms with Crippen molar-refractivity contribution in [3.8, 4) is 0 Å². The van der Waals surface area contributed by atoms with Crippen molar-refractivity contribution in [2.24, 2.45) is 10.7 Å². The minimum Gasteiger partial charge on any atom is -0.385 e. The van der Waals surface area contributed by atoms with E-state index >= 15 is 0 Å². The van der Waals surface area contributed by atoms with Gasteiger partial charge >= 0.3 is 6.03 Å². The van der Waals surface area contributed by atoms with Gasteiger partial charge in [-0.1, -0.05) is 46.0 Å². The Balaban J connectivity index is 2.52. The third-order valence-corrected chi connectivity index (χ3v) is 3.81. The zero-order chi connectivity index (χ0) is 13.6. The fourth-order valence-corrected chi connectivity index (χ4v) is 2.54. The molecule has 18 heavy (non-hydrogen) atoms. The number of amides is 2. The van der Waals surface area contributed by atoms with Crippen LogP contribution in [-0.4, -0.2) is 28.9 Å². The van der Waals surface area contributed by atoms with E-state index in [-0.39, 0.29) is 11.6 Å². The van der Waals surface area contributed by atoms with Crippen molar-refractivity contribution in [2.45, 2.75) is 71.3 Å². The lowest BCUT2D eigenvalue weighted by Crippen LogP contribution is -2.52. The van der Waals surface area contributed by atoms with Crippen LogP contribution in [0, 0.1) is 0 Å². The molecule has 1 heterocycles. The molecule has 0 aromatic rings. The molecule has 0 fully saturated rings. The molecule has 0 saturated heterocycles. The van der Waals surface area contributed by atoms with E-state index in [0.717, 1.165) is 25.8 Å². The van der Waals surface area contributed by atoms with Crippen LogP contribution in [0.25, 0.3) is 0 Å². The predicted molar refractivity (Wildman–Crippen MR) is 75.8 cm³/mol. The number of carbonyl (C=O) groups excluding carboxylic acids is 1. The van der Waals surface area contributed by atoms with Gasteiger partial charge in [-0.25, -0.2) is 4.79 Å². The van der Waals surface area contributed by atoms with Crippen molar-refractivity contribution in [3.63, 3.8) is 0 Å². The van der Waals surface area contributed by atoms with E-state index in [2.05, 4.69) is 18.8 Å². The summed E-state index contributed by atoms with van der Waals surface area (Å²) in [4.78, 5) is 17.6. The first-order chi connectivity index (χ1) is 8.56. The normalized spacial score (nSPS) is 23.6. The molecule has 4 nitrogen and oxygen atoms in total. The number of amidine groups is 1.